The normalized spacial score (nSPS) is 11.5. The number of nitrogens with zero attached hydrogens (tertiary/aromatic N) is 1. The Morgan fingerprint density at radius 2 is 1.93 bits per heavy atom. The maximum atomic E-state index is 12.4. The highest BCUT2D eigenvalue weighted by molar-refractivity contribution is 5.57. The molecule has 0 aliphatic rings. The van der Waals surface area contributed by atoms with Crippen LogP contribution in [0.1, 0.15) is 11.1 Å². The largest absolute Gasteiger partial charge is 0.423 e. The minimum absolute atomic E-state index is 0.104. The molecule has 0 amide bonds. The van der Waals surface area contributed by atoms with Crippen LogP contribution in [-0.4, -0.2) is 4.92 Å². The number of aryl methyl sites for hydroxylation is 1. The third-order valence-corrected chi connectivity index (χ3v) is 1.81. The van der Waals surface area contributed by atoms with E-state index < -0.39 is 22.4 Å². The summed E-state index contributed by atoms with van der Waals surface area (Å²) in [7, 11) is 0. The molecule has 1 aromatic carbocycles. The number of hydrogen-bond acceptors (Lipinski definition) is 3. The molecule has 0 aliphatic heterocycles. The van der Waals surface area contributed by atoms with Gasteiger partial charge in [0.25, 0.3) is 5.69 Å². The van der Waals surface area contributed by atoms with Crippen LogP contribution in [0.5, 0.6) is 0 Å². The number of halogens is 3. The highest BCUT2D eigenvalue weighted by Crippen LogP contribution is 2.38. The van der Waals surface area contributed by atoms with E-state index in [4.69, 9.17) is 5.73 Å². The van der Waals surface area contributed by atoms with Crippen molar-refractivity contribution >= 4 is 11.4 Å². The molecule has 0 bridgehead atoms. The van der Waals surface area contributed by atoms with Crippen molar-refractivity contribution in [1.29, 1.82) is 0 Å². The molecule has 15 heavy (non-hydrogen) atoms. The van der Waals surface area contributed by atoms with Gasteiger partial charge >= 0.3 is 6.18 Å². The maximum Gasteiger partial charge on any atom is 0.423 e. The molecule has 0 aromatic heterocycles. The number of nitrogen functional groups attached to an aromatic ring is 1. The lowest BCUT2D eigenvalue weighted by molar-refractivity contribution is -0.388. The molecular weight excluding hydrogens is 213 g/mol. The number of hydrogen-bond donors (Lipinski definition) is 1. The smallest absolute Gasteiger partial charge is 0.399 e. The van der Waals surface area contributed by atoms with Crippen LogP contribution in [0.2, 0.25) is 0 Å². The average molecular weight is 220 g/mol. The molecule has 7 heteroatoms. The molecule has 2 N–H and O–H groups in total. The molecule has 82 valence electrons. The number of rotatable bonds is 1. The average Bonchev–Trinajstić information content (AvgIpc) is 1.99. The lowest BCUT2D eigenvalue weighted by atomic mass is 10.1. The zero-order valence-electron chi connectivity index (χ0n) is 7.63. The molecule has 1 aromatic rings. The quantitative estimate of drug-likeness (QED) is 0.449. The van der Waals surface area contributed by atoms with Gasteiger partial charge in [-0.15, -0.1) is 0 Å². The number of alkyl halides is 3. The van der Waals surface area contributed by atoms with E-state index in [-0.39, 0.29) is 11.3 Å². The second-order valence-electron chi connectivity index (χ2n) is 2.99. The third kappa shape index (κ3) is 2.17. The van der Waals surface area contributed by atoms with E-state index in [0.717, 1.165) is 6.07 Å². The Labute approximate surface area is 82.7 Å². The summed E-state index contributed by atoms with van der Waals surface area (Å²) < 4.78 is 37.2. The minimum Gasteiger partial charge on any atom is -0.399 e. The van der Waals surface area contributed by atoms with Gasteiger partial charge in [-0.25, -0.2) is 0 Å². The highest BCUT2D eigenvalue weighted by atomic mass is 19.4. The molecule has 0 aliphatic carbocycles. The fourth-order valence-electron chi connectivity index (χ4n) is 1.27. The summed E-state index contributed by atoms with van der Waals surface area (Å²) in [6.45, 7) is 1.21. The van der Waals surface area contributed by atoms with Gasteiger partial charge in [0.1, 0.15) is 5.56 Å². The predicted molar refractivity (Wildman–Crippen MR) is 47.2 cm³/mol. The van der Waals surface area contributed by atoms with Crippen LogP contribution in [0.15, 0.2) is 12.1 Å². The van der Waals surface area contributed by atoms with Crippen LogP contribution >= 0.6 is 0 Å². The molecule has 0 heterocycles. The zero-order valence-corrected chi connectivity index (χ0v) is 7.63. The molecule has 0 atom stereocenters. The van der Waals surface area contributed by atoms with Gasteiger partial charge in [-0.1, -0.05) is 0 Å². The van der Waals surface area contributed by atoms with Crippen LogP contribution in [0, 0.1) is 17.0 Å². The molecule has 1 rings (SSSR count). The van der Waals surface area contributed by atoms with E-state index in [1.807, 2.05) is 0 Å². The number of anilines is 1. The molecule has 0 fully saturated rings. The molecule has 0 radical (unpaired) electrons. The third-order valence-electron chi connectivity index (χ3n) is 1.81. The second kappa shape index (κ2) is 3.41. The number of nitrogens with two attached hydrogens (primary N) is 1. The van der Waals surface area contributed by atoms with Gasteiger partial charge in [-0.05, 0) is 19.1 Å². The summed E-state index contributed by atoms with van der Waals surface area (Å²) in [5.41, 5.74) is 2.69. The van der Waals surface area contributed by atoms with E-state index in [0.29, 0.717) is 6.07 Å². The molecular formula is C8H7F3N2O2. The Balaban J connectivity index is 3.54. The van der Waals surface area contributed by atoms with Gasteiger partial charge in [0.05, 0.1) is 4.92 Å². The van der Waals surface area contributed by atoms with Crippen LogP contribution in [0.4, 0.5) is 24.5 Å². The van der Waals surface area contributed by atoms with Crippen LogP contribution in [-0.2, 0) is 6.18 Å². The standard InChI is InChI=1S/C8H7F3N2O2/c1-4-2-5(12)3-6(8(9,10)11)7(4)13(14)15/h2-3H,12H2,1H3. The summed E-state index contributed by atoms with van der Waals surface area (Å²) in [6, 6.07) is 1.69. The topological polar surface area (TPSA) is 69.2 Å². The Morgan fingerprint density at radius 1 is 1.40 bits per heavy atom. The van der Waals surface area contributed by atoms with Crippen LogP contribution in [0.25, 0.3) is 0 Å². The Morgan fingerprint density at radius 3 is 2.33 bits per heavy atom. The van der Waals surface area contributed by atoms with Gasteiger partial charge in [-0.3, -0.25) is 10.1 Å². The van der Waals surface area contributed by atoms with Crippen molar-refractivity contribution in [3.63, 3.8) is 0 Å². The molecule has 4 nitrogen and oxygen atoms in total. The van der Waals surface area contributed by atoms with Gasteiger partial charge in [-0.2, -0.15) is 13.2 Å². The van der Waals surface area contributed by atoms with Crippen molar-refractivity contribution in [2.75, 3.05) is 5.73 Å². The fourth-order valence-corrected chi connectivity index (χ4v) is 1.27. The van der Waals surface area contributed by atoms with E-state index in [1.54, 1.807) is 0 Å². The first kappa shape index (κ1) is 11.3. The SMILES string of the molecule is Cc1cc(N)cc(C(F)(F)F)c1[N+](=O)[O-]. The van der Waals surface area contributed by atoms with Gasteiger partial charge in [0.2, 0.25) is 0 Å². The number of nitro groups is 1. The molecule has 0 unspecified atom stereocenters. The van der Waals surface area contributed by atoms with Crippen molar-refractivity contribution in [2.45, 2.75) is 13.1 Å². The lowest BCUT2D eigenvalue weighted by Gasteiger charge is -2.09. The van der Waals surface area contributed by atoms with E-state index >= 15 is 0 Å². The molecule has 0 spiro atoms. The minimum atomic E-state index is -4.78. The van der Waals surface area contributed by atoms with Crippen molar-refractivity contribution < 1.29 is 18.1 Å². The maximum absolute atomic E-state index is 12.4. The van der Waals surface area contributed by atoms with E-state index in [1.165, 1.54) is 6.92 Å². The van der Waals surface area contributed by atoms with Crippen LogP contribution in [0.3, 0.4) is 0 Å². The first-order valence-corrected chi connectivity index (χ1v) is 3.85. The monoisotopic (exact) mass is 220 g/mol. The lowest BCUT2D eigenvalue weighted by Crippen LogP contribution is -2.11. The molecule has 0 saturated carbocycles. The van der Waals surface area contributed by atoms with Gasteiger partial charge in [0, 0.05) is 11.3 Å². The summed E-state index contributed by atoms with van der Waals surface area (Å²) in [5.74, 6) is 0. The van der Waals surface area contributed by atoms with Crippen LogP contribution < -0.4 is 5.73 Å². The fraction of sp³-hybridized carbons (Fsp3) is 0.250. The highest BCUT2D eigenvalue weighted by Gasteiger charge is 2.39. The summed E-state index contributed by atoms with van der Waals surface area (Å²) in [4.78, 5) is 9.41. The van der Waals surface area contributed by atoms with Gasteiger partial charge < -0.3 is 5.73 Å². The Hall–Kier alpha value is -1.79. The van der Waals surface area contributed by atoms with Gasteiger partial charge in [0.15, 0.2) is 0 Å². The van der Waals surface area contributed by atoms with Crippen molar-refractivity contribution in [3.05, 3.63) is 33.4 Å². The Kier molecular flexibility index (Phi) is 2.57. The number of nitro benzene ring substituents is 1. The summed E-state index contributed by atoms with van der Waals surface area (Å²) in [5, 5.41) is 10.5. The second-order valence-corrected chi connectivity index (χ2v) is 2.99. The Bertz CT molecular complexity index is 415. The first-order chi connectivity index (χ1) is 6.73. The molecule has 0 saturated heterocycles. The van der Waals surface area contributed by atoms with E-state index in [9.17, 15) is 23.3 Å². The zero-order chi connectivity index (χ0) is 11.8. The first-order valence-electron chi connectivity index (χ1n) is 3.85. The van der Waals surface area contributed by atoms with Crippen molar-refractivity contribution in [2.24, 2.45) is 0 Å². The van der Waals surface area contributed by atoms with E-state index in [2.05, 4.69) is 0 Å². The van der Waals surface area contributed by atoms with Crippen molar-refractivity contribution in [1.82, 2.24) is 0 Å². The number of benzene rings is 1. The van der Waals surface area contributed by atoms with Crippen molar-refractivity contribution in [3.8, 4) is 0 Å². The summed E-state index contributed by atoms with van der Waals surface area (Å²) >= 11 is 0. The predicted octanol–water partition coefficient (Wildman–Crippen LogP) is 2.50. The summed E-state index contributed by atoms with van der Waals surface area (Å²) in [6.07, 6.45) is -4.78.